The average Bonchev–Trinajstić information content (AvgIpc) is 3.63. The van der Waals surface area contributed by atoms with Crippen molar-refractivity contribution >= 4 is 29.0 Å². The molecule has 2 heterocycles. The molecule has 0 aliphatic carbocycles. The number of carbonyl (C=O) groups is 3. The summed E-state index contributed by atoms with van der Waals surface area (Å²) in [6.45, 7) is 1.48. The van der Waals surface area contributed by atoms with Crippen molar-refractivity contribution in [2.45, 2.75) is 24.4 Å². The van der Waals surface area contributed by atoms with Crippen LogP contribution in [0.5, 0.6) is 0 Å². The number of nitriles is 2. The van der Waals surface area contributed by atoms with Gasteiger partial charge < -0.3 is 10.0 Å². The normalized spacial score (nSPS) is 21.8. The molecule has 40 heavy (non-hydrogen) atoms. The molecule has 0 radical (unpaired) electrons. The van der Waals surface area contributed by atoms with E-state index in [1.807, 2.05) is 0 Å². The number of thiophene rings is 1. The van der Waals surface area contributed by atoms with Gasteiger partial charge in [0.1, 0.15) is 5.54 Å². The zero-order valence-electron chi connectivity index (χ0n) is 21.4. The smallest absolute Gasteiger partial charge is 0.330 e. The molecule has 1 aliphatic heterocycles. The van der Waals surface area contributed by atoms with Gasteiger partial charge in [0.05, 0.1) is 40.1 Å². The van der Waals surface area contributed by atoms with Gasteiger partial charge in [-0.15, -0.1) is 11.3 Å². The summed E-state index contributed by atoms with van der Waals surface area (Å²) in [7, 11) is 0. The van der Waals surface area contributed by atoms with Crippen molar-refractivity contribution in [1.29, 1.82) is 10.5 Å². The van der Waals surface area contributed by atoms with Crippen LogP contribution in [-0.2, 0) is 4.79 Å². The fraction of sp³-hybridized carbons (Fsp3) is 0.156. The highest BCUT2D eigenvalue weighted by molar-refractivity contribution is 7.12. The third kappa shape index (κ3) is 4.35. The van der Waals surface area contributed by atoms with E-state index in [1.165, 1.54) is 23.2 Å². The van der Waals surface area contributed by atoms with Crippen LogP contribution >= 0.6 is 11.3 Å². The molecule has 1 fully saturated rings. The minimum absolute atomic E-state index is 0.283. The van der Waals surface area contributed by atoms with Crippen molar-refractivity contribution in [3.8, 4) is 12.1 Å². The van der Waals surface area contributed by atoms with Gasteiger partial charge in [-0.25, -0.2) is 4.79 Å². The molecule has 5 rings (SSSR count). The van der Waals surface area contributed by atoms with E-state index in [1.54, 1.807) is 96.4 Å². The van der Waals surface area contributed by atoms with E-state index in [0.717, 1.165) is 0 Å². The molecule has 1 aromatic heterocycles. The fourth-order valence-corrected chi connectivity index (χ4v) is 6.42. The van der Waals surface area contributed by atoms with E-state index in [0.29, 0.717) is 27.1 Å². The molecule has 3 aromatic carbocycles. The van der Waals surface area contributed by atoms with Gasteiger partial charge >= 0.3 is 5.97 Å². The number of nitrogens with zero attached hydrogens (tertiary/aromatic N) is 3. The summed E-state index contributed by atoms with van der Waals surface area (Å²) in [4.78, 5) is 43.7. The predicted molar refractivity (Wildman–Crippen MR) is 149 cm³/mol. The molecule has 0 spiro atoms. The average molecular weight is 546 g/mol. The van der Waals surface area contributed by atoms with E-state index >= 15 is 0 Å². The lowest BCUT2D eigenvalue weighted by molar-refractivity contribution is -0.148. The Labute approximate surface area is 235 Å². The predicted octanol–water partition coefficient (Wildman–Crippen LogP) is 5.81. The van der Waals surface area contributed by atoms with Crippen LogP contribution in [-0.4, -0.2) is 33.2 Å². The highest BCUT2D eigenvalue weighted by Gasteiger charge is 2.65. The molecular formula is C32H23N3O4S. The van der Waals surface area contributed by atoms with Crippen molar-refractivity contribution < 1.29 is 19.5 Å². The second-order valence-corrected chi connectivity index (χ2v) is 10.7. The number of carboxylic acids is 1. The number of likely N-dealkylation sites (tertiary alicyclic amines) is 1. The number of amides is 1. The third-order valence-electron chi connectivity index (χ3n) is 7.60. The Morgan fingerprint density at radius 1 is 0.825 bits per heavy atom. The summed E-state index contributed by atoms with van der Waals surface area (Å²) >= 11 is 1.25. The first-order chi connectivity index (χ1) is 19.3. The minimum atomic E-state index is -1.85. The van der Waals surface area contributed by atoms with Crippen LogP contribution in [0.3, 0.4) is 0 Å². The van der Waals surface area contributed by atoms with E-state index in [9.17, 15) is 30.0 Å². The number of hydrogen-bond acceptors (Lipinski definition) is 6. The SMILES string of the molecule is CC1(C(=O)O)C(c2ccc(C#N)cc2)C(C(=O)c2cccs2)C(c2ccc(C#N)cc2)N1C(=O)c1ccccc1. The van der Waals surface area contributed by atoms with Crippen molar-refractivity contribution in [3.63, 3.8) is 0 Å². The lowest BCUT2D eigenvalue weighted by Crippen LogP contribution is -2.54. The van der Waals surface area contributed by atoms with Crippen molar-refractivity contribution in [2.75, 3.05) is 0 Å². The van der Waals surface area contributed by atoms with Crippen LogP contribution in [0.4, 0.5) is 0 Å². The highest BCUT2D eigenvalue weighted by atomic mass is 32.1. The molecule has 1 aliphatic rings. The summed E-state index contributed by atoms with van der Waals surface area (Å²) in [6, 6.07) is 28.0. The van der Waals surface area contributed by atoms with Crippen LogP contribution in [0.25, 0.3) is 0 Å². The fourth-order valence-electron chi connectivity index (χ4n) is 5.71. The summed E-state index contributed by atoms with van der Waals surface area (Å²) in [5, 5.41) is 31.3. The van der Waals surface area contributed by atoms with E-state index in [-0.39, 0.29) is 11.3 Å². The summed E-state index contributed by atoms with van der Waals surface area (Å²) in [6.07, 6.45) is 0. The molecule has 4 atom stereocenters. The Kier molecular flexibility index (Phi) is 7.04. The minimum Gasteiger partial charge on any atom is -0.479 e. The van der Waals surface area contributed by atoms with Gasteiger partial charge in [0.25, 0.3) is 5.91 Å². The Morgan fingerprint density at radius 3 is 1.90 bits per heavy atom. The lowest BCUT2D eigenvalue weighted by Gasteiger charge is -2.38. The summed E-state index contributed by atoms with van der Waals surface area (Å²) < 4.78 is 0. The Morgan fingerprint density at radius 2 is 1.40 bits per heavy atom. The zero-order chi connectivity index (χ0) is 28.4. The molecule has 1 saturated heterocycles. The number of hydrogen-bond donors (Lipinski definition) is 1. The molecule has 0 bridgehead atoms. The third-order valence-corrected chi connectivity index (χ3v) is 8.49. The molecule has 1 N–H and O–H groups in total. The second kappa shape index (κ2) is 10.6. The zero-order valence-corrected chi connectivity index (χ0v) is 22.2. The second-order valence-electron chi connectivity index (χ2n) is 9.75. The first kappa shape index (κ1) is 26.6. The maximum atomic E-state index is 14.3. The van der Waals surface area contributed by atoms with Gasteiger partial charge in [0.2, 0.25) is 0 Å². The van der Waals surface area contributed by atoms with Crippen LogP contribution in [0.1, 0.15) is 61.2 Å². The van der Waals surface area contributed by atoms with E-state index < -0.39 is 35.3 Å². The van der Waals surface area contributed by atoms with Gasteiger partial charge in [-0.2, -0.15) is 10.5 Å². The number of carboxylic acid groups (broad SMARTS) is 1. The number of benzene rings is 3. The largest absolute Gasteiger partial charge is 0.479 e. The van der Waals surface area contributed by atoms with Gasteiger partial charge in [0, 0.05) is 11.5 Å². The first-order valence-corrected chi connectivity index (χ1v) is 13.4. The summed E-state index contributed by atoms with van der Waals surface area (Å²) in [5.74, 6) is -4.00. The number of aliphatic carboxylic acids is 1. The standard InChI is InChI=1S/C32H23N3O4S/c1-32(31(38)39)27(22-13-9-20(18-33)10-14-22)26(29(36)25-8-5-17-40-25)28(23-15-11-21(19-34)12-16-23)35(32)30(37)24-6-3-2-4-7-24/h2-17,26-28H,1H3,(H,38,39). The van der Waals surface area contributed by atoms with Crippen molar-refractivity contribution in [2.24, 2.45) is 5.92 Å². The van der Waals surface area contributed by atoms with Crippen LogP contribution in [0.15, 0.2) is 96.4 Å². The molecular weight excluding hydrogens is 522 g/mol. The van der Waals surface area contributed by atoms with E-state index in [2.05, 4.69) is 12.1 Å². The van der Waals surface area contributed by atoms with E-state index in [4.69, 9.17) is 0 Å². The number of rotatable bonds is 6. The molecule has 1 amide bonds. The van der Waals surface area contributed by atoms with Crippen molar-refractivity contribution in [1.82, 2.24) is 4.90 Å². The first-order valence-electron chi connectivity index (χ1n) is 12.5. The highest BCUT2D eigenvalue weighted by Crippen LogP contribution is 2.57. The Hall–Kier alpha value is -5.05. The van der Waals surface area contributed by atoms with Gasteiger partial charge in [-0.1, -0.05) is 48.5 Å². The number of carbonyl (C=O) groups excluding carboxylic acids is 2. The van der Waals surface area contributed by atoms with Crippen LogP contribution in [0, 0.1) is 28.6 Å². The van der Waals surface area contributed by atoms with Gasteiger partial charge in [-0.3, -0.25) is 9.59 Å². The Balaban J connectivity index is 1.82. The summed E-state index contributed by atoms with van der Waals surface area (Å²) in [5.41, 5.74) is 0.297. The van der Waals surface area contributed by atoms with Gasteiger partial charge in [0.15, 0.2) is 5.78 Å². The van der Waals surface area contributed by atoms with Crippen LogP contribution in [0.2, 0.25) is 0 Å². The molecule has 8 heteroatoms. The lowest BCUT2D eigenvalue weighted by atomic mass is 9.72. The molecule has 0 saturated carbocycles. The molecule has 7 nitrogen and oxygen atoms in total. The Bertz CT molecular complexity index is 1650. The molecule has 4 aromatic rings. The quantitative estimate of drug-likeness (QED) is 0.305. The van der Waals surface area contributed by atoms with Crippen LogP contribution < -0.4 is 0 Å². The maximum absolute atomic E-state index is 14.3. The maximum Gasteiger partial charge on any atom is 0.330 e. The number of ketones is 1. The van der Waals surface area contributed by atoms with Gasteiger partial charge in [-0.05, 0) is 65.9 Å². The topological polar surface area (TPSA) is 122 Å². The van der Waals surface area contributed by atoms with Crippen molar-refractivity contribution in [3.05, 3.63) is 129 Å². The molecule has 196 valence electrons. The molecule has 4 unspecified atom stereocenters. The monoisotopic (exact) mass is 545 g/mol. The number of Topliss-reactive ketones (excluding diaryl/α,β-unsaturated/α-hetero) is 1.